The number of nitrogen functional groups attached to an aromatic ring is 1. The number of aromatic nitrogens is 2. The molecule has 0 amide bonds. The largest absolute Gasteiger partial charge is 0.384 e. The van der Waals surface area contributed by atoms with E-state index < -0.39 is 0 Å². The fourth-order valence-corrected chi connectivity index (χ4v) is 1.37. The molecule has 0 fully saturated rings. The average Bonchev–Trinajstić information content (AvgIpc) is 2.68. The van der Waals surface area contributed by atoms with E-state index in [9.17, 15) is 0 Å². The highest BCUT2D eigenvalue weighted by Gasteiger charge is 2.05. The third-order valence-corrected chi connectivity index (χ3v) is 2.14. The van der Waals surface area contributed by atoms with Crippen LogP contribution < -0.4 is 5.73 Å². The number of nitrogens with two attached hydrogens (primary N) is 1. The zero-order chi connectivity index (χ0) is 10.7. The quantitative estimate of drug-likeness (QED) is 0.831. The van der Waals surface area contributed by atoms with Gasteiger partial charge in [-0.15, -0.1) is 0 Å². The van der Waals surface area contributed by atoms with Gasteiger partial charge in [0.25, 0.3) is 0 Å². The van der Waals surface area contributed by atoms with Gasteiger partial charge in [-0.25, -0.2) is 4.98 Å². The van der Waals surface area contributed by atoms with Crippen molar-refractivity contribution in [1.29, 1.82) is 0 Å². The fraction of sp³-hybridized carbons (Fsp3) is 0.273. The zero-order valence-electron chi connectivity index (χ0n) is 8.60. The van der Waals surface area contributed by atoms with Crippen LogP contribution in [0.5, 0.6) is 0 Å². The molecule has 0 aliphatic rings. The molecule has 0 spiro atoms. The van der Waals surface area contributed by atoms with Crippen molar-refractivity contribution in [3.8, 4) is 11.3 Å². The number of anilines is 1. The van der Waals surface area contributed by atoms with E-state index in [1.807, 2.05) is 12.1 Å². The van der Waals surface area contributed by atoms with Crippen molar-refractivity contribution in [2.45, 2.75) is 19.8 Å². The second kappa shape index (κ2) is 4.13. The fourth-order valence-electron chi connectivity index (χ4n) is 1.37. The van der Waals surface area contributed by atoms with Crippen LogP contribution >= 0.6 is 0 Å². The number of hydrogen-bond acceptors (Lipinski definition) is 4. The SMILES string of the molecule is CCCc1cc(-c2ccc(N)nc2)on1. The lowest BCUT2D eigenvalue weighted by atomic mass is 10.2. The molecule has 0 aliphatic carbocycles. The molecule has 4 heteroatoms. The van der Waals surface area contributed by atoms with Crippen LogP contribution in [0.2, 0.25) is 0 Å². The van der Waals surface area contributed by atoms with Crippen LogP contribution in [0, 0.1) is 0 Å². The van der Waals surface area contributed by atoms with E-state index in [4.69, 9.17) is 10.3 Å². The zero-order valence-corrected chi connectivity index (χ0v) is 8.60. The van der Waals surface area contributed by atoms with Crippen molar-refractivity contribution < 1.29 is 4.52 Å². The lowest BCUT2D eigenvalue weighted by molar-refractivity contribution is 0.423. The molecule has 0 saturated carbocycles. The molecule has 0 aromatic carbocycles. The first-order valence-corrected chi connectivity index (χ1v) is 4.97. The molecule has 2 aromatic rings. The molecular weight excluding hydrogens is 190 g/mol. The average molecular weight is 203 g/mol. The van der Waals surface area contributed by atoms with Gasteiger partial charge in [0.1, 0.15) is 5.82 Å². The summed E-state index contributed by atoms with van der Waals surface area (Å²) in [7, 11) is 0. The Morgan fingerprint density at radius 2 is 2.27 bits per heavy atom. The maximum Gasteiger partial charge on any atom is 0.168 e. The van der Waals surface area contributed by atoms with E-state index >= 15 is 0 Å². The van der Waals surface area contributed by atoms with Crippen molar-refractivity contribution >= 4 is 5.82 Å². The van der Waals surface area contributed by atoms with Crippen LogP contribution in [0.3, 0.4) is 0 Å². The summed E-state index contributed by atoms with van der Waals surface area (Å²) < 4.78 is 5.21. The Morgan fingerprint density at radius 3 is 2.93 bits per heavy atom. The number of nitrogens with zero attached hydrogens (tertiary/aromatic N) is 2. The molecule has 4 nitrogen and oxygen atoms in total. The van der Waals surface area contributed by atoms with Gasteiger partial charge in [0.05, 0.1) is 5.69 Å². The van der Waals surface area contributed by atoms with Crippen LogP contribution in [0.25, 0.3) is 11.3 Å². The van der Waals surface area contributed by atoms with Gasteiger partial charge < -0.3 is 10.3 Å². The monoisotopic (exact) mass is 203 g/mol. The summed E-state index contributed by atoms with van der Waals surface area (Å²) in [5, 5.41) is 3.97. The summed E-state index contributed by atoms with van der Waals surface area (Å²) in [6.45, 7) is 2.11. The molecular formula is C11H13N3O. The minimum absolute atomic E-state index is 0.507. The molecule has 2 N–H and O–H groups in total. The minimum atomic E-state index is 0.507. The molecule has 0 saturated heterocycles. The summed E-state index contributed by atoms with van der Waals surface area (Å²) in [5.41, 5.74) is 7.38. The van der Waals surface area contributed by atoms with Crippen molar-refractivity contribution in [3.63, 3.8) is 0 Å². The molecule has 0 bridgehead atoms. The Kier molecular flexibility index (Phi) is 2.67. The van der Waals surface area contributed by atoms with Gasteiger partial charge in [0.15, 0.2) is 5.76 Å². The van der Waals surface area contributed by atoms with Crippen LogP contribution in [-0.4, -0.2) is 10.1 Å². The minimum Gasteiger partial charge on any atom is -0.384 e. The van der Waals surface area contributed by atoms with Crippen molar-refractivity contribution in [2.24, 2.45) is 0 Å². The lowest BCUT2D eigenvalue weighted by Gasteiger charge is -1.94. The highest BCUT2D eigenvalue weighted by atomic mass is 16.5. The second-order valence-corrected chi connectivity index (χ2v) is 3.40. The lowest BCUT2D eigenvalue weighted by Crippen LogP contribution is -1.88. The Hall–Kier alpha value is -1.84. The summed E-state index contributed by atoms with van der Waals surface area (Å²) in [5.74, 6) is 1.25. The normalized spacial score (nSPS) is 10.5. The van der Waals surface area contributed by atoms with Gasteiger partial charge in [-0.05, 0) is 18.6 Å². The molecule has 0 aliphatic heterocycles. The van der Waals surface area contributed by atoms with E-state index in [1.54, 1.807) is 12.3 Å². The summed E-state index contributed by atoms with van der Waals surface area (Å²) in [6, 6.07) is 5.56. The maximum atomic E-state index is 5.50. The first-order valence-electron chi connectivity index (χ1n) is 4.97. The Labute approximate surface area is 88.1 Å². The third-order valence-electron chi connectivity index (χ3n) is 2.14. The number of aryl methyl sites for hydroxylation is 1. The van der Waals surface area contributed by atoms with E-state index in [1.165, 1.54) is 0 Å². The van der Waals surface area contributed by atoms with Gasteiger partial charge in [-0.3, -0.25) is 0 Å². The first-order chi connectivity index (χ1) is 7.29. The smallest absolute Gasteiger partial charge is 0.168 e. The molecule has 0 atom stereocenters. The van der Waals surface area contributed by atoms with Crippen LogP contribution in [0.1, 0.15) is 19.0 Å². The van der Waals surface area contributed by atoms with Gasteiger partial charge in [0.2, 0.25) is 0 Å². The predicted molar refractivity (Wildman–Crippen MR) is 58.1 cm³/mol. The molecule has 2 heterocycles. The van der Waals surface area contributed by atoms with Gasteiger partial charge in [-0.2, -0.15) is 0 Å². The molecule has 78 valence electrons. The van der Waals surface area contributed by atoms with Crippen molar-refractivity contribution in [1.82, 2.24) is 10.1 Å². The highest BCUT2D eigenvalue weighted by Crippen LogP contribution is 2.20. The van der Waals surface area contributed by atoms with E-state index in [0.717, 1.165) is 29.9 Å². The molecule has 2 aromatic heterocycles. The third kappa shape index (κ3) is 2.15. The van der Waals surface area contributed by atoms with Gasteiger partial charge in [-0.1, -0.05) is 18.5 Å². The highest BCUT2D eigenvalue weighted by molar-refractivity contribution is 5.57. The van der Waals surface area contributed by atoms with Crippen LogP contribution in [0.15, 0.2) is 28.9 Å². The van der Waals surface area contributed by atoms with Crippen molar-refractivity contribution in [2.75, 3.05) is 5.73 Å². The molecule has 0 unspecified atom stereocenters. The van der Waals surface area contributed by atoms with Gasteiger partial charge in [0, 0.05) is 17.8 Å². The van der Waals surface area contributed by atoms with E-state index in [0.29, 0.717) is 5.82 Å². The summed E-state index contributed by atoms with van der Waals surface area (Å²) in [4.78, 5) is 4.00. The van der Waals surface area contributed by atoms with E-state index in [-0.39, 0.29) is 0 Å². The van der Waals surface area contributed by atoms with Crippen LogP contribution in [0.4, 0.5) is 5.82 Å². The van der Waals surface area contributed by atoms with Crippen molar-refractivity contribution in [3.05, 3.63) is 30.1 Å². The Morgan fingerprint density at radius 1 is 1.40 bits per heavy atom. The number of hydrogen-bond donors (Lipinski definition) is 1. The second-order valence-electron chi connectivity index (χ2n) is 3.40. The number of rotatable bonds is 3. The van der Waals surface area contributed by atoms with E-state index in [2.05, 4.69) is 17.1 Å². The summed E-state index contributed by atoms with van der Waals surface area (Å²) in [6.07, 6.45) is 3.68. The van der Waals surface area contributed by atoms with Crippen LogP contribution in [-0.2, 0) is 6.42 Å². The Balaban J connectivity index is 2.25. The maximum absolute atomic E-state index is 5.50. The Bertz CT molecular complexity index is 433. The topological polar surface area (TPSA) is 64.9 Å². The molecule has 0 radical (unpaired) electrons. The first kappa shape index (κ1) is 9.71. The standard InChI is InChI=1S/C11H13N3O/c1-2-3-9-6-10(15-14-9)8-4-5-11(12)13-7-8/h4-7H,2-3H2,1H3,(H2,12,13). The molecule has 15 heavy (non-hydrogen) atoms. The predicted octanol–water partition coefficient (Wildman–Crippen LogP) is 2.27. The number of pyridine rings is 1. The van der Waals surface area contributed by atoms with Gasteiger partial charge >= 0.3 is 0 Å². The molecule has 2 rings (SSSR count). The summed E-state index contributed by atoms with van der Waals surface area (Å²) >= 11 is 0.